The Hall–Kier alpha value is -1.55. The summed E-state index contributed by atoms with van der Waals surface area (Å²) in [5.74, 6) is 6.04. The van der Waals surface area contributed by atoms with Gasteiger partial charge in [-0.05, 0) is 19.1 Å². The largest absolute Gasteiger partial charge is 0.315 e. The fourth-order valence-electron chi connectivity index (χ4n) is 1.17. The molecule has 0 atom stereocenters. The highest BCUT2D eigenvalue weighted by molar-refractivity contribution is 5.95. The molecular formula is C10H16N4. The van der Waals surface area contributed by atoms with Gasteiger partial charge < -0.3 is 4.90 Å². The zero-order chi connectivity index (χ0) is 10.4. The molecule has 0 aromatic heterocycles. The van der Waals surface area contributed by atoms with E-state index in [-0.39, 0.29) is 0 Å². The van der Waals surface area contributed by atoms with E-state index in [4.69, 9.17) is 5.84 Å². The number of guanidine groups is 1. The van der Waals surface area contributed by atoms with Gasteiger partial charge in [-0.2, -0.15) is 0 Å². The Kier molecular flexibility index (Phi) is 3.94. The Morgan fingerprint density at radius 2 is 2.07 bits per heavy atom. The third kappa shape index (κ3) is 2.47. The maximum absolute atomic E-state index is 5.37. The van der Waals surface area contributed by atoms with Crippen LogP contribution < -0.4 is 16.2 Å². The molecule has 0 aliphatic rings. The van der Waals surface area contributed by atoms with Crippen molar-refractivity contribution in [2.75, 3.05) is 18.5 Å². The van der Waals surface area contributed by atoms with Gasteiger partial charge in [0.1, 0.15) is 0 Å². The van der Waals surface area contributed by atoms with E-state index >= 15 is 0 Å². The topological polar surface area (TPSA) is 53.6 Å². The summed E-state index contributed by atoms with van der Waals surface area (Å²) < 4.78 is 0. The number of hydrazine groups is 1. The first kappa shape index (κ1) is 10.5. The lowest BCUT2D eigenvalue weighted by Crippen LogP contribution is -2.43. The molecule has 0 saturated carbocycles. The van der Waals surface area contributed by atoms with Crippen molar-refractivity contribution in [1.82, 2.24) is 5.43 Å². The van der Waals surface area contributed by atoms with Gasteiger partial charge in [0, 0.05) is 19.3 Å². The molecule has 76 valence electrons. The van der Waals surface area contributed by atoms with Gasteiger partial charge in [0.2, 0.25) is 5.96 Å². The van der Waals surface area contributed by atoms with Crippen LogP contribution in [0.1, 0.15) is 6.92 Å². The normalized spacial score (nSPS) is 11.2. The van der Waals surface area contributed by atoms with Crippen LogP contribution in [0.2, 0.25) is 0 Å². The molecule has 0 bridgehead atoms. The summed E-state index contributed by atoms with van der Waals surface area (Å²) in [6.45, 7) is 2.67. The molecule has 1 rings (SSSR count). The zero-order valence-electron chi connectivity index (χ0n) is 8.57. The number of nitrogens with two attached hydrogens (primary N) is 1. The first-order chi connectivity index (χ1) is 6.79. The van der Waals surface area contributed by atoms with Crippen molar-refractivity contribution in [3.8, 4) is 0 Å². The van der Waals surface area contributed by atoms with Gasteiger partial charge in [-0.3, -0.25) is 10.4 Å². The molecule has 1 aromatic rings. The third-order valence-electron chi connectivity index (χ3n) is 1.90. The molecule has 0 radical (unpaired) electrons. The Morgan fingerprint density at radius 1 is 1.43 bits per heavy atom. The Bertz CT molecular complexity index is 294. The van der Waals surface area contributed by atoms with Crippen molar-refractivity contribution < 1.29 is 0 Å². The maximum atomic E-state index is 5.37. The predicted octanol–water partition coefficient (Wildman–Crippen LogP) is 0.962. The second kappa shape index (κ2) is 5.24. The molecule has 1 aromatic carbocycles. The van der Waals surface area contributed by atoms with Gasteiger partial charge in [0.15, 0.2) is 0 Å². The van der Waals surface area contributed by atoms with Crippen molar-refractivity contribution >= 4 is 11.6 Å². The quantitative estimate of drug-likeness (QED) is 0.317. The smallest absolute Gasteiger partial charge is 0.212 e. The molecule has 0 heterocycles. The molecule has 0 aliphatic carbocycles. The summed E-state index contributed by atoms with van der Waals surface area (Å²) in [5.41, 5.74) is 3.63. The van der Waals surface area contributed by atoms with E-state index in [2.05, 4.69) is 10.4 Å². The number of para-hydroxylation sites is 1. The van der Waals surface area contributed by atoms with Crippen molar-refractivity contribution in [3.63, 3.8) is 0 Å². The van der Waals surface area contributed by atoms with E-state index in [0.29, 0.717) is 12.5 Å². The minimum absolute atomic E-state index is 0.665. The highest BCUT2D eigenvalue weighted by Gasteiger charge is 2.05. The molecule has 0 unspecified atom stereocenters. The van der Waals surface area contributed by atoms with Crippen LogP contribution in [-0.2, 0) is 0 Å². The van der Waals surface area contributed by atoms with Crippen LogP contribution in [0.5, 0.6) is 0 Å². The summed E-state index contributed by atoms with van der Waals surface area (Å²) in [6.07, 6.45) is 0. The van der Waals surface area contributed by atoms with Crippen LogP contribution in [0.3, 0.4) is 0 Å². The average molecular weight is 192 g/mol. The van der Waals surface area contributed by atoms with E-state index in [1.807, 2.05) is 49.2 Å². The first-order valence-corrected chi connectivity index (χ1v) is 4.59. The van der Waals surface area contributed by atoms with E-state index in [0.717, 1.165) is 5.69 Å². The monoisotopic (exact) mass is 192 g/mol. The Labute approximate surface area is 84.4 Å². The van der Waals surface area contributed by atoms with Crippen LogP contribution in [-0.4, -0.2) is 19.6 Å². The summed E-state index contributed by atoms with van der Waals surface area (Å²) >= 11 is 0. The first-order valence-electron chi connectivity index (χ1n) is 4.59. The van der Waals surface area contributed by atoms with Crippen molar-refractivity contribution in [3.05, 3.63) is 30.3 Å². The summed E-state index contributed by atoms with van der Waals surface area (Å²) in [5, 5.41) is 0. The molecular weight excluding hydrogens is 176 g/mol. The van der Waals surface area contributed by atoms with Crippen LogP contribution in [0.25, 0.3) is 0 Å². The molecule has 3 N–H and O–H groups in total. The molecule has 0 spiro atoms. The van der Waals surface area contributed by atoms with Gasteiger partial charge in [0.25, 0.3) is 0 Å². The fraction of sp³-hybridized carbons (Fsp3) is 0.300. The minimum Gasteiger partial charge on any atom is -0.315 e. The Balaban J connectivity index is 2.83. The fourth-order valence-corrected chi connectivity index (χ4v) is 1.17. The van der Waals surface area contributed by atoms with Crippen molar-refractivity contribution in [2.24, 2.45) is 10.8 Å². The second-order valence-electron chi connectivity index (χ2n) is 2.84. The molecule has 4 heteroatoms. The highest BCUT2D eigenvalue weighted by Crippen LogP contribution is 2.10. The lowest BCUT2D eigenvalue weighted by atomic mass is 10.3. The summed E-state index contributed by atoms with van der Waals surface area (Å²) in [7, 11) is 1.92. The highest BCUT2D eigenvalue weighted by atomic mass is 15.4. The number of hydrogen-bond acceptors (Lipinski definition) is 2. The molecule has 0 saturated heterocycles. The molecule has 0 fully saturated rings. The molecule has 14 heavy (non-hydrogen) atoms. The Morgan fingerprint density at radius 3 is 2.57 bits per heavy atom. The van der Waals surface area contributed by atoms with Gasteiger partial charge in [-0.25, -0.2) is 5.84 Å². The van der Waals surface area contributed by atoms with Crippen molar-refractivity contribution in [2.45, 2.75) is 6.92 Å². The van der Waals surface area contributed by atoms with Crippen LogP contribution >= 0.6 is 0 Å². The van der Waals surface area contributed by atoms with Gasteiger partial charge in [-0.15, -0.1) is 0 Å². The van der Waals surface area contributed by atoms with Gasteiger partial charge >= 0.3 is 0 Å². The summed E-state index contributed by atoms with van der Waals surface area (Å²) in [6, 6.07) is 9.94. The maximum Gasteiger partial charge on any atom is 0.212 e. The lowest BCUT2D eigenvalue weighted by molar-refractivity contribution is 0.949. The van der Waals surface area contributed by atoms with Crippen LogP contribution in [0.15, 0.2) is 35.3 Å². The number of nitrogens with one attached hydrogen (secondary N) is 1. The number of anilines is 1. The number of hydrogen-bond donors (Lipinski definition) is 2. The summed E-state index contributed by atoms with van der Waals surface area (Å²) in [4.78, 5) is 6.13. The minimum atomic E-state index is 0.665. The van der Waals surface area contributed by atoms with Gasteiger partial charge in [0.05, 0.1) is 0 Å². The van der Waals surface area contributed by atoms with Crippen molar-refractivity contribution in [1.29, 1.82) is 0 Å². The zero-order valence-corrected chi connectivity index (χ0v) is 8.57. The SMILES string of the molecule is CCN=C(NN)N(C)c1ccccc1. The number of benzene rings is 1. The van der Waals surface area contributed by atoms with Crippen LogP contribution in [0, 0.1) is 0 Å². The molecule has 4 nitrogen and oxygen atoms in total. The average Bonchev–Trinajstić information content (AvgIpc) is 2.26. The third-order valence-corrected chi connectivity index (χ3v) is 1.90. The lowest BCUT2D eigenvalue weighted by Gasteiger charge is -2.20. The molecule has 0 aliphatic heterocycles. The van der Waals surface area contributed by atoms with Gasteiger partial charge in [-0.1, -0.05) is 18.2 Å². The number of nitrogens with zero attached hydrogens (tertiary/aromatic N) is 2. The number of rotatable bonds is 2. The van der Waals surface area contributed by atoms with E-state index in [9.17, 15) is 0 Å². The standard InChI is InChI=1S/C10H16N4/c1-3-12-10(13-11)14(2)9-7-5-4-6-8-9/h4-8H,3,11H2,1-2H3,(H,12,13). The second-order valence-corrected chi connectivity index (χ2v) is 2.84. The van der Waals surface area contributed by atoms with Crippen LogP contribution in [0.4, 0.5) is 5.69 Å². The van der Waals surface area contributed by atoms with E-state index < -0.39 is 0 Å². The number of aliphatic imine (C=N–C) groups is 1. The molecule has 0 amide bonds. The van der Waals surface area contributed by atoms with E-state index in [1.54, 1.807) is 0 Å². The van der Waals surface area contributed by atoms with E-state index in [1.165, 1.54) is 0 Å². The predicted molar refractivity (Wildman–Crippen MR) is 60.1 cm³/mol.